The van der Waals surface area contributed by atoms with Crippen molar-refractivity contribution in [1.82, 2.24) is 24.9 Å². The molecule has 1 fully saturated rings. The fourth-order valence-corrected chi connectivity index (χ4v) is 4.65. The highest BCUT2D eigenvalue weighted by Crippen LogP contribution is 2.29. The third-order valence-corrected chi connectivity index (χ3v) is 6.44. The molecule has 1 saturated carbocycles. The summed E-state index contributed by atoms with van der Waals surface area (Å²) in [6, 6.07) is 4.33. The van der Waals surface area contributed by atoms with E-state index in [1.807, 2.05) is 18.3 Å². The number of aromatic amines is 1. The second-order valence-corrected chi connectivity index (χ2v) is 8.76. The molecule has 3 heterocycles. The first-order valence-corrected chi connectivity index (χ1v) is 11.4. The summed E-state index contributed by atoms with van der Waals surface area (Å²) in [6.45, 7) is 0. The number of carbonyl (C=O) groups is 1. The molecule has 2 aliphatic carbocycles. The van der Waals surface area contributed by atoms with E-state index < -0.39 is 5.97 Å². The molecule has 0 amide bonds. The quantitative estimate of drug-likeness (QED) is 0.598. The van der Waals surface area contributed by atoms with Crippen LogP contribution < -0.4 is 4.74 Å². The Morgan fingerprint density at radius 1 is 1.00 bits per heavy atom. The fraction of sp³-hybridized carbons (Fsp3) is 0.458. The van der Waals surface area contributed by atoms with Gasteiger partial charge in [0.1, 0.15) is 11.9 Å². The van der Waals surface area contributed by atoms with Crippen LogP contribution in [-0.4, -0.2) is 42.1 Å². The number of aliphatic carboxylic acids is 1. The molecule has 0 radical (unpaired) electrons. The van der Waals surface area contributed by atoms with Gasteiger partial charge in [-0.3, -0.25) is 9.78 Å². The van der Waals surface area contributed by atoms with E-state index in [0.29, 0.717) is 6.01 Å². The van der Waals surface area contributed by atoms with Crippen molar-refractivity contribution in [3.8, 4) is 28.7 Å². The van der Waals surface area contributed by atoms with Gasteiger partial charge in [-0.15, -0.1) is 0 Å². The SMILES string of the molecule is O=C(O)C[C@H]1CC[C@H](Oc2ncc(-c3ccc(-c4nc5c([nH]4)CCCC5)cn3)cn2)CC1. The topological polar surface area (TPSA) is 114 Å². The molecule has 2 aliphatic rings. The van der Waals surface area contributed by atoms with E-state index in [1.54, 1.807) is 12.4 Å². The Morgan fingerprint density at radius 3 is 2.44 bits per heavy atom. The number of pyridine rings is 1. The zero-order valence-corrected chi connectivity index (χ0v) is 18.0. The minimum Gasteiger partial charge on any atom is -0.481 e. The lowest BCUT2D eigenvalue weighted by molar-refractivity contribution is -0.138. The van der Waals surface area contributed by atoms with Crippen LogP contribution in [-0.2, 0) is 17.6 Å². The molecule has 5 rings (SSSR count). The van der Waals surface area contributed by atoms with Gasteiger partial charge in [0, 0.05) is 41.8 Å². The molecule has 3 aromatic heterocycles. The van der Waals surface area contributed by atoms with Crippen LogP contribution in [0.1, 0.15) is 56.3 Å². The van der Waals surface area contributed by atoms with Crippen molar-refractivity contribution >= 4 is 5.97 Å². The Balaban J connectivity index is 1.20. The average Bonchev–Trinajstić information content (AvgIpc) is 3.25. The first-order valence-electron chi connectivity index (χ1n) is 11.4. The van der Waals surface area contributed by atoms with Gasteiger partial charge in [-0.25, -0.2) is 15.0 Å². The molecule has 0 spiro atoms. The molecule has 166 valence electrons. The number of ether oxygens (including phenoxy) is 1. The van der Waals surface area contributed by atoms with Gasteiger partial charge in [0.15, 0.2) is 0 Å². The molecule has 0 bridgehead atoms. The van der Waals surface area contributed by atoms with E-state index in [9.17, 15) is 4.79 Å². The number of carboxylic acid groups (broad SMARTS) is 1. The van der Waals surface area contributed by atoms with E-state index in [-0.39, 0.29) is 18.4 Å². The van der Waals surface area contributed by atoms with Gasteiger partial charge >= 0.3 is 12.0 Å². The van der Waals surface area contributed by atoms with Crippen LogP contribution in [0.2, 0.25) is 0 Å². The predicted octanol–water partition coefficient (Wildman–Crippen LogP) is 4.22. The Morgan fingerprint density at radius 2 is 1.75 bits per heavy atom. The normalized spacial score (nSPS) is 20.5. The molecule has 0 aromatic carbocycles. The van der Waals surface area contributed by atoms with Gasteiger partial charge in [-0.2, -0.15) is 0 Å². The third kappa shape index (κ3) is 4.64. The fourth-order valence-electron chi connectivity index (χ4n) is 4.65. The van der Waals surface area contributed by atoms with Crippen molar-refractivity contribution < 1.29 is 14.6 Å². The van der Waals surface area contributed by atoms with E-state index in [1.165, 1.54) is 24.2 Å². The van der Waals surface area contributed by atoms with Crippen LogP contribution in [0.3, 0.4) is 0 Å². The molecule has 3 aromatic rings. The first-order chi connectivity index (χ1) is 15.6. The smallest absolute Gasteiger partial charge is 0.316 e. The monoisotopic (exact) mass is 433 g/mol. The number of aryl methyl sites for hydroxylation is 2. The zero-order valence-electron chi connectivity index (χ0n) is 18.0. The van der Waals surface area contributed by atoms with Crippen molar-refractivity contribution in [3.63, 3.8) is 0 Å². The summed E-state index contributed by atoms with van der Waals surface area (Å²) < 4.78 is 5.91. The molecule has 0 unspecified atom stereocenters. The Hall–Kier alpha value is -3.29. The number of hydrogen-bond acceptors (Lipinski definition) is 6. The van der Waals surface area contributed by atoms with Crippen LogP contribution in [0.15, 0.2) is 30.7 Å². The lowest BCUT2D eigenvalue weighted by Crippen LogP contribution is -2.25. The first kappa shape index (κ1) is 20.6. The third-order valence-electron chi connectivity index (χ3n) is 6.44. The summed E-state index contributed by atoms with van der Waals surface area (Å²) in [6.07, 6.45) is 13.5. The number of fused-ring (bicyclic) bond motifs is 1. The highest BCUT2D eigenvalue weighted by Gasteiger charge is 2.24. The van der Waals surface area contributed by atoms with Gasteiger partial charge in [0.2, 0.25) is 0 Å². The lowest BCUT2D eigenvalue weighted by atomic mass is 9.85. The molecule has 32 heavy (non-hydrogen) atoms. The van der Waals surface area contributed by atoms with Crippen LogP contribution in [0.5, 0.6) is 6.01 Å². The van der Waals surface area contributed by atoms with Crippen molar-refractivity contribution in [1.29, 1.82) is 0 Å². The van der Waals surface area contributed by atoms with Gasteiger partial charge in [-0.1, -0.05) is 0 Å². The minimum atomic E-state index is -0.724. The number of nitrogens with zero attached hydrogens (tertiary/aromatic N) is 4. The molecule has 0 saturated heterocycles. The number of rotatable bonds is 6. The summed E-state index contributed by atoms with van der Waals surface area (Å²) in [5.74, 6) is 0.406. The van der Waals surface area contributed by atoms with Crippen molar-refractivity contribution in [2.45, 2.75) is 63.9 Å². The molecule has 0 atom stereocenters. The Bertz CT molecular complexity index is 1050. The minimum absolute atomic E-state index is 0.0439. The number of hydrogen-bond donors (Lipinski definition) is 2. The van der Waals surface area contributed by atoms with E-state index in [0.717, 1.165) is 61.2 Å². The molecule has 8 heteroatoms. The molecule has 0 aliphatic heterocycles. The molecular weight excluding hydrogens is 406 g/mol. The number of aromatic nitrogens is 5. The maximum Gasteiger partial charge on any atom is 0.316 e. The van der Waals surface area contributed by atoms with Gasteiger partial charge in [0.05, 0.1) is 11.4 Å². The van der Waals surface area contributed by atoms with Crippen molar-refractivity contribution in [2.75, 3.05) is 0 Å². The summed E-state index contributed by atoms with van der Waals surface area (Å²) in [7, 11) is 0. The Kier molecular flexibility index (Phi) is 5.83. The van der Waals surface area contributed by atoms with Gasteiger partial charge in [-0.05, 0) is 69.4 Å². The summed E-state index contributed by atoms with van der Waals surface area (Å²) in [4.78, 5) is 32.3. The maximum absolute atomic E-state index is 10.9. The average molecular weight is 434 g/mol. The van der Waals surface area contributed by atoms with E-state index >= 15 is 0 Å². The van der Waals surface area contributed by atoms with Gasteiger partial charge in [0.25, 0.3) is 0 Å². The number of carboxylic acids is 1. The Labute approximate surface area is 186 Å². The lowest BCUT2D eigenvalue weighted by Gasteiger charge is -2.27. The van der Waals surface area contributed by atoms with Crippen LogP contribution in [0.25, 0.3) is 22.6 Å². The van der Waals surface area contributed by atoms with Gasteiger partial charge < -0.3 is 14.8 Å². The molecular formula is C24H27N5O3. The van der Waals surface area contributed by atoms with Crippen molar-refractivity contribution in [3.05, 3.63) is 42.1 Å². The largest absolute Gasteiger partial charge is 0.481 e. The molecule has 2 N–H and O–H groups in total. The van der Waals surface area contributed by atoms with E-state index in [2.05, 4.69) is 19.9 Å². The highest BCUT2D eigenvalue weighted by molar-refractivity contribution is 5.67. The predicted molar refractivity (Wildman–Crippen MR) is 118 cm³/mol. The molecule has 8 nitrogen and oxygen atoms in total. The highest BCUT2D eigenvalue weighted by atomic mass is 16.5. The van der Waals surface area contributed by atoms with Crippen LogP contribution >= 0.6 is 0 Å². The summed E-state index contributed by atoms with van der Waals surface area (Å²) in [5.41, 5.74) is 5.05. The summed E-state index contributed by atoms with van der Waals surface area (Å²) in [5, 5.41) is 8.93. The number of imidazole rings is 1. The standard InChI is InChI=1S/C24H27N5O3/c30-22(31)11-15-5-8-18(9-6-15)32-24-26-13-17(14-27-24)19-10-7-16(12-25-19)23-28-20-3-1-2-4-21(20)29-23/h7,10,12-15,18H,1-6,8-9,11H2,(H,28,29)(H,30,31)/t15-,18-. The van der Waals surface area contributed by atoms with Crippen LogP contribution in [0, 0.1) is 5.92 Å². The van der Waals surface area contributed by atoms with Crippen LogP contribution in [0.4, 0.5) is 0 Å². The summed E-state index contributed by atoms with van der Waals surface area (Å²) >= 11 is 0. The number of nitrogens with one attached hydrogen (secondary N) is 1. The second kappa shape index (κ2) is 9.06. The second-order valence-electron chi connectivity index (χ2n) is 8.76. The number of H-pyrrole nitrogens is 1. The van der Waals surface area contributed by atoms with Crippen molar-refractivity contribution in [2.24, 2.45) is 5.92 Å². The zero-order chi connectivity index (χ0) is 21.9. The van der Waals surface area contributed by atoms with E-state index in [4.69, 9.17) is 14.8 Å². The maximum atomic E-state index is 10.9.